The van der Waals surface area contributed by atoms with Crippen LogP contribution in [0.15, 0.2) is 11.6 Å². The highest BCUT2D eigenvalue weighted by Crippen LogP contribution is 2.58. The van der Waals surface area contributed by atoms with Gasteiger partial charge >= 0.3 is 0 Å². The molecule has 2 unspecified atom stereocenters. The second-order valence-corrected chi connectivity index (χ2v) is 6.84. The number of ketones is 1. The van der Waals surface area contributed by atoms with Crippen LogP contribution in [-0.2, 0) is 4.79 Å². The zero-order chi connectivity index (χ0) is 11.4. The zero-order valence-corrected chi connectivity index (χ0v) is 10.6. The summed E-state index contributed by atoms with van der Waals surface area (Å²) in [5.74, 6) is 1.75. The summed E-state index contributed by atoms with van der Waals surface area (Å²) in [4.78, 5) is 12.1. The smallest absolute Gasteiger partial charge is 0.163 e. The summed E-state index contributed by atoms with van der Waals surface area (Å²) >= 11 is 0. The van der Waals surface area contributed by atoms with E-state index in [0.29, 0.717) is 17.1 Å². The van der Waals surface area contributed by atoms with Crippen LogP contribution in [0.1, 0.15) is 47.5 Å². The van der Waals surface area contributed by atoms with E-state index in [1.807, 2.05) is 20.8 Å². The maximum absolute atomic E-state index is 12.1. The number of carbonyl (C=O) groups excluding carboxylic acids is 1. The van der Waals surface area contributed by atoms with Gasteiger partial charge in [0, 0.05) is 5.41 Å². The zero-order valence-electron chi connectivity index (χ0n) is 10.6. The van der Waals surface area contributed by atoms with Crippen molar-refractivity contribution in [3.8, 4) is 0 Å². The number of hydrogen-bond donors (Lipinski definition) is 0. The van der Waals surface area contributed by atoms with Crippen LogP contribution in [0, 0.1) is 22.7 Å². The normalized spacial score (nSPS) is 33.0. The molecule has 0 aromatic carbocycles. The van der Waals surface area contributed by atoms with Crippen molar-refractivity contribution in [1.82, 2.24) is 0 Å². The van der Waals surface area contributed by atoms with Gasteiger partial charge in [-0.25, -0.2) is 0 Å². The molecule has 0 aromatic rings. The summed E-state index contributed by atoms with van der Waals surface area (Å²) in [6.45, 7) is 10.7. The molecule has 2 bridgehead atoms. The maximum Gasteiger partial charge on any atom is 0.163 e. The van der Waals surface area contributed by atoms with Gasteiger partial charge in [-0.05, 0) is 35.7 Å². The maximum atomic E-state index is 12.1. The summed E-state index contributed by atoms with van der Waals surface area (Å²) in [5, 5.41) is 0. The Hall–Kier alpha value is -0.590. The van der Waals surface area contributed by atoms with Crippen molar-refractivity contribution in [2.75, 3.05) is 0 Å². The highest BCUT2D eigenvalue weighted by molar-refractivity contribution is 5.99. The lowest BCUT2D eigenvalue weighted by Gasteiger charge is -2.55. The molecule has 1 saturated carbocycles. The fraction of sp³-hybridized carbons (Fsp3) is 0.786. The van der Waals surface area contributed by atoms with Gasteiger partial charge in [-0.3, -0.25) is 4.79 Å². The first-order valence-corrected chi connectivity index (χ1v) is 5.98. The lowest BCUT2D eigenvalue weighted by molar-refractivity contribution is -0.124. The van der Waals surface area contributed by atoms with Gasteiger partial charge in [0.15, 0.2) is 5.78 Å². The third kappa shape index (κ3) is 1.56. The minimum absolute atomic E-state index is 0.209. The summed E-state index contributed by atoms with van der Waals surface area (Å²) in [5.41, 5.74) is 1.34. The average molecular weight is 206 g/mol. The summed E-state index contributed by atoms with van der Waals surface area (Å²) in [6, 6.07) is 0. The van der Waals surface area contributed by atoms with Gasteiger partial charge in [0.25, 0.3) is 0 Å². The van der Waals surface area contributed by atoms with E-state index in [1.165, 1.54) is 6.42 Å². The first-order chi connectivity index (χ1) is 6.73. The van der Waals surface area contributed by atoms with Crippen LogP contribution in [0.2, 0.25) is 0 Å². The number of rotatable bonds is 1. The lowest BCUT2D eigenvalue weighted by atomic mass is 9.49. The standard InChI is InChI=1S/C14H22O/c1-13(2,3)12(15)9-6-10-8-11(7-9)14(10,4)5/h6,10-11H,7-8H2,1-5H3. The average Bonchev–Trinajstić information content (AvgIpc) is 2.15. The Kier molecular flexibility index (Phi) is 2.15. The molecular formula is C14H22O. The van der Waals surface area contributed by atoms with Crippen molar-refractivity contribution in [2.45, 2.75) is 47.5 Å². The number of carbonyl (C=O) groups is 1. The van der Waals surface area contributed by atoms with Crippen LogP contribution in [0.25, 0.3) is 0 Å². The Labute approximate surface area is 92.9 Å². The third-order valence-corrected chi connectivity index (χ3v) is 4.39. The van der Waals surface area contributed by atoms with E-state index in [4.69, 9.17) is 0 Å². The minimum atomic E-state index is -0.209. The molecule has 3 rings (SSSR count). The SMILES string of the molecule is CC(C)(C)C(=O)C1=CC2CC(C1)C2(C)C. The van der Waals surface area contributed by atoms with E-state index in [2.05, 4.69) is 19.9 Å². The molecule has 0 aliphatic heterocycles. The van der Waals surface area contributed by atoms with Crippen LogP contribution in [0.3, 0.4) is 0 Å². The molecule has 84 valence electrons. The third-order valence-electron chi connectivity index (χ3n) is 4.39. The Morgan fingerprint density at radius 2 is 2.00 bits per heavy atom. The molecule has 0 spiro atoms. The lowest BCUT2D eigenvalue weighted by Crippen LogP contribution is -2.48. The van der Waals surface area contributed by atoms with Crippen molar-refractivity contribution >= 4 is 5.78 Å². The van der Waals surface area contributed by atoms with Crippen molar-refractivity contribution < 1.29 is 4.79 Å². The van der Waals surface area contributed by atoms with Crippen molar-refractivity contribution in [2.24, 2.45) is 22.7 Å². The molecule has 3 aliphatic carbocycles. The number of fused-ring (bicyclic) bond motifs is 1. The van der Waals surface area contributed by atoms with Gasteiger partial charge in [0.1, 0.15) is 0 Å². The molecule has 3 aliphatic rings. The molecule has 2 atom stereocenters. The minimum Gasteiger partial charge on any atom is -0.294 e. The fourth-order valence-electron chi connectivity index (χ4n) is 2.91. The van der Waals surface area contributed by atoms with Crippen LogP contribution in [0.5, 0.6) is 0 Å². The van der Waals surface area contributed by atoms with Crippen molar-refractivity contribution in [1.29, 1.82) is 0 Å². The Morgan fingerprint density at radius 3 is 2.33 bits per heavy atom. The van der Waals surface area contributed by atoms with Crippen LogP contribution < -0.4 is 0 Å². The van der Waals surface area contributed by atoms with E-state index >= 15 is 0 Å². The topological polar surface area (TPSA) is 17.1 Å². The highest BCUT2D eigenvalue weighted by atomic mass is 16.1. The number of Topliss-reactive ketones (excluding diaryl/α,β-unsaturated/α-hetero) is 1. The Morgan fingerprint density at radius 1 is 1.40 bits per heavy atom. The van der Waals surface area contributed by atoms with E-state index in [9.17, 15) is 4.79 Å². The molecule has 0 radical (unpaired) electrons. The Balaban J connectivity index is 2.20. The highest BCUT2D eigenvalue weighted by Gasteiger charge is 2.50. The molecule has 1 nitrogen and oxygen atoms in total. The molecule has 0 saturated heterocycles. The largest absolute Gasteiger partial charge is 0.294 e. The first kappa shape index (κ1) is 10.9. The van der Waals surface area contributed by atoms with Gasteiger partial charge in [-0.1, -0.05) is 40.7 Å². The number of hydrogen-bond acceptors (Lipinski definition) is 1. The van der Waals surface area contributed by atoms with Crippen LogP contribution >= 0.6 is 0 Å². The molecule has 0 heterocycles. The molecule has 0 N–H and O–H groups in total. The predicted molar refractivity (Wildman–Crippen MR) is 62.5 cm³/mol. The second-order valence-electron chi connectivity index (χ2n) is 6.84. The summed E-state index contributed by atoms with van der Waals surface area (Å²) < 4.78 is 0. The van der Waals surface area contributed by atoms with Crippen molar-refractivity contribution in [3.05, 3.63) is 11.6 Å². The fourth-order valence-corrected chi connectivity index (χ4v) is 2.91. The van der Waals surface area contributed by atoms with E-state index in [0.717, 1.165) is 17.9 Å². The van der Waals surface area contributed by atoms with E-state index in [1.54, 1.807) is 0 Å². The number of allylic oxidation sites excluding steroid dienone is 2. The summed E-state index contributed by atoms with van der Waals surface area (Å²) in [7, 11) is 0. The van der Waals surface area contributed by atoms with Crippen molar-refractivity contribution in [3.63, 3.8) is 0 Å². The van der Waals surface area contributed by atoms with Gasteiger partial charge in [-0.2, -0.15) is 0 Å². The van der Waals surface area contributed by atoms with Gasteiger partial charge in [0.05, 0.1) is 0 Å². The molecular weight excluding hydrogens is 184 g/mol. The molecule has 1 heteroatoms. The molecule has 1 fully saturated rings. The van der Waals surface area contributed by atoms with Crippen LogP contribution in [0.4, 0.5) is 0 Å². The Bertz CT molecular complexity index is 328. The van der Waals surface area contributed by atoms with Crippen LogP contribution in [-0.4, -0.2) is 5.78 Å². The van der Waals surface area contributed by atoms with E-state index < -0.39 is 0 Å². The van der Waals surface area contributed by atoms with Gasteiger partial charge in [0.2, 0.25) is 0 Å². The molecule has 0 aromatic heterocycles. The summed E-state index contributed by atoms with van der Waals surface area (Å²) in [6.07, 6.45) is 4.57. The van der Waals surface area contributed by atoms with E-state index in [-0.39, 0.29) is 5.41 Å². The first-order valence-electron chi connectivity index (χ1n) is 5.98. The molecule has 0 amide bonds. The van der Waals surface area contributed by atoms with Gasteiger partial charge < -0.3 is 0 Å². The quantitative estimate of drug-likeness (QED) is 0.640. The van der Waals surface area contributed by atoms with Gasteiger partial charge in [-0.15, -0.1) is 0 Å². The second kappa shape index (κ2) is 2.96. The molecule has 15 heavy (non-hydrogen) atoms. The predicted octanol–water partition coefficient (Wildman–Crippen LogP) is 3.59. The monoisotopic (exact) mass is 206 g/mol.